The minimum Gasteiger partial charge on any atom is -0.336 e. The smallest absolute Gasteiger partial charge is 0.293 e. The van der Waals surface area contributed by atoms with Gasteiger partial charge in [-0.1, -0.05) is 0 Å². The number of nitrogens with one attached hydrogen (secondary N) is 1. The van der Waals surface area contributed by atoms with Crippen LogP contribution in [0.25, 0.3) is 0 Å². The normalized spacial score (nSPS) is 22.5. The average molecular weight is 237 g/mol. The van der Waals surface area contributed by atoms with Crippen LogP contribution in [0.3, 0.4) is 0 Å². The van der Waals surface area contributed by atoms with E-state index < -0.39 is 0 Å². The first kappa shape index (κ1) is 12.0. The monoisotopic (exact) mass is 237 g/mol. The Balaban J connectivity index is 2.04. The largest absolute Gasteiger partial charge is 0.336 e. The van der Waals surface area contributed by atoms with Crippen molar-refractivity contribution < 1.29 is 4.79 Å². The number of aromatic nitrogens is 3. The summed E-state index contributed by atoms with van der Waals surface area (Å²) in [4.78, 5) is 18.0. The average Bonchev–Trinajstić information content (AvgIpc) is 2.75. The predicted octanol–water partition coefficient (Wildman–Crippen LogP) is 0.313. The van der Waals surface area contributed by atoms with Crippen molar-refractivity contribution in [3.63, 3.8) is 0 Å². The van der Waals surface area contributed by atoms with E-state index in [1.54, 1.807) is 11.8 Å². The third kappa shape index (κ3) is 2.63. The van der Waals surface area contributed by atoms with Gasteiger partial charge in [-0.05, 0) is 32.6 Å². The molecule has 0 bridgehead atoms. The van der Waals surface area contributed by atoms with Crippen molar-refractivity contribution in [1.29, 1.82) is 0 Å². The number of likely N-dealkylation sites (tertiary alicyclic amines) is 1. The van der Waals surface area contributed by atoms with Crippen molar-refractivity contribution in [2.24, 2.45) is 11.7 Å². The fraction of sp³-hybridized carbons (Fsp3) is 0.727. The summed E-state index contributed by atoms with van der Waals surface area (Å²) in [5.41, 5.74) is 5.90. The quantitative estimate of drug-likeness (QED) is 0.775. The van der Waals surface area contributed by atoms with Gasteiger partial charge in [0.05, 0.1) is 0 Å². The van der Waals surface area contributed by atoms with Crippen LogP contribution in [0.5, 0.6) is 0 Å². The summed E-state index contributed by atoms with van der Waals surface area (Å²) in [7, 11) is 0. The van der Waals surface area contributed by atoms with Crippen LogP contribution in [-0.4, -0.2) is 45.1 Å². The SMILES string of the molecule is Cc1nc(C(=O)N2CCCC(C(C)N)C2)n[nH]1. The number of aromatic amines is 1. The Morgan fingerprint density at radius 2 is 2.41 bits per heavy atom. The van der Waals surface area contributed by atoms with Gasteiger partial charge >= 0.3 is 0 Å². The first-order valence-electron chi connectivity index (χ1n) is 6.02. The summed E-state index contributed by atoms with van der Waals surface area (Å²) in [6, 6.07) is 0.125. The number of hydrogen-bond donors (Lipinski definition) is 2. The second-order valence-electron chi connectivity index (χ2n) is 4.76. The lowest BCUT2D eigenvalue weighted by Crippen LogP contribution is -2.45. The van der Waals surface area contributed by atoms with Crippen molar-refractivity contribution in [1.82, 2.24) is 20.1 Å². The lowest BCUT2D eigenvalue weighted by Gasteiger charge is -2.33. The molecule has 0 radical (unpaired) electrons. The molecule has 0 aromatic carbocycles. The summed E-state index contributed by atoms with van der Waals surface area (Å²) in [6.07, 6.45) is 2.09. The van der Waals surface area contributed by atoms with Crippen molar-refractivity contribution >= 4 is 5.91 Å². The number of carbonyl (C=O) groups excluding carboxylic acids is 1. The maximum atomic E-state index is 12.1. The van der Waals surface area contributed by atoms with Crippen molar-refractivity contribution in [3.8, 4) is 0 Å². The highest BCUT2D eigenvalue weighted by Gasteiger charge is 2.28. The fourth-order valence-electron chi connectivity index (χ4n) is 2.20. The molecule has 1 amide bonds. The lowest BCUT2D eigenvalue weighted by atomic mass is 9.92. The standard InChI is InChI=1S/C11H19N5O/c1-7(12)9-4-3-5-16(6-9)11(17)10-13-8(2)14-15-10/h7,9H,3-6,12H2,1-2H3,(H,13,14,15). The summed E-state index contributed by atoms with van der Waals surface area (Å²) in [5, 5.41) is 6.59. The predicted molar refractivity (Wildman–Crippen MR) is 63.4 cm³/mol. The minimum absolute atomic E-state index is 0.0975. The Morgan fingerprint density at radius 3 is 3.00 bits per heavy atom. The van der Waals surface area contributed by atoms with Gasteiger partial charge in [0.25, 0.3) is 5.91 Å². The molecule has 0 saturated carbocycles. The van der Waals surface area contributed by atoms with Crippen LogP contribution in [0, 0.1) is 12.8 Å². The van der Waals surface area contributed by atoms with Gasteiger partial charge in [0.15, 0.2) is 0 Å². The zero-order valence-corrected chi connectivity index (χ0v) is 10.3. The van der Waals surface area contributed by atoms with Gasteiger partial charge in [0.2, 0.25) is 5.82 Å². The number of carbonyl (C=O) groups is 1. The third-order valence-electron chi connectivity index (χ3n) is 3.28. The highest BCUT2D eigenvalue weighted by Crippen LogP contribution is 2.19. The number of hydrogen-bond acceptors (Lipinski definition) is 4. The Labute approximate surface area is 101 Å². The highest BCUT2D eigenvalue weighted by molar-refractivity contribution is 5.90. The first-order valence-corrected chi connectivity index (χ1v) is 6.02. The van der Waals surface area contributed by atoms with Crippen LogP contribution in [0.15, 0.2) is 0 Å². The molecule has 6 nitrogen and oxygen atoms in total. The summed E-state index contributed by atoms with van der Waals surface area (Å²) in [5.74, 6) is 1.20. The zero-order valence-electron chi connectivity index (χ0n) is 10.3. The van der Waals surface area contributed by atoms with E-state index in [0.717, 1.165) is 19.4 Å². The molecule has 1 saturated heterocycles. The van der Waals surface area contributed by atoms with E-state index in [4.69, 9.17) is 5.73 Å². The van der Waals surface area contributed by atoms with E-state index in [0.29, 0.717) is 18.3 Å². The van der Waals surface area contributed by atoms with Crippen LogP contribution in [-0.2, 0) is 0 Å². The molecule has 2 atom stereocenters. The molecule has 2 heterocycles. The molecule has 1 aliphatic rings. The molecular formula is C11H19N5O. The second-order valence-corrected chi connectivity index (χ2v) is 4.76. The van der Waals surface area contributed by atoms with Crippen LogP contribution in [0.4, 0.5) is 0 Å². The highest BCUT2D eigenvalue weighted by atomic mass is 16.2. The topological polar surface area (TPSA) is 87.9 Å². The molecule has 1 aromatic heterocycles. The van der Waals surface area contributed by atoms with E-state index >= 15 is 0 Å². The van der Waals surface area contributed by atoms with Crippen molar-refractivity contribution in [3.05, 3.63) is 11.6 Å². The number of aryl methyl sites for hydroxylation is 1. The molecule has 3 N–H and O–H groups in total. The van der Waals surface area contributed by atoms with E-state index in [9.17, 15) is 4.79 Å². The number of rotatable bonds is 2. The lowest BCUT2D eigenvalue weighted by molar-refractivity contribution is 0.0649. The molecule has 6 heteroatoms. The molecule has 0 aliphatic carbocycles. The van der Waals surface area contributed by atoms with E-state index in [1.807, 2.05) is 6.92 Å². The fourth-order valence-corrected chi connectivity index (χ4v) is 2.20. The first-order chi connectivity index (χ1) is 8.08. The van der Waals surface area contributed by atoms with Gasteiger partial charge in [0.1, 0.15) is 5.82 Å². The number of piperidine rings is 1. The van der Waals surface area contributed by atoms with Gasteiger partial charge in [0, 0.05) is 19.1 Å². The second kappa shape index (κ2) is 4.83. The van der Waals surface area contributed by atoms with Crippen molar-refractivity contribution in [2.45, 2.75) is 32.7 Å². The van der Waals surface area contributed by atoms with Crippen LogP contribution >= 0.6 is 0 Å². The molecule has 2 unspecified atom stereocenters. The summed E-state index contributed by atoms with van der Waals surface area (Å²) in [6.45, 7) is 5.26. The van der Waals surface area contributed by atoms with Gasteiger partial charge in [-0.2, -0.15) is 0 Å². The zero-order chi connectivity index (χ0) is 12.4. The molecule has 2 rings (SSSR count). The van der Waals surface area contributed by atoms with Gasteiger partial charge in [-0.15, -0.1) is 5.10 Å². The minimum atomic E-state index is -0.0975. The maximum absolute atomic E-state index is 12.1. The number of amides is 1. The summed E-state index contributed by atoms with van der Waals surface area (Å²) < 4.78 is 0. The molecule has 1 fully saturated rings. The molecule has 17 heavy (non-hydrogen) atoms. The number of nitrogens with two attached hydrogens (primary N) is 1. The molecule has 1 aromatic rings. The molecular weight excluding hydrogens is 218 g/mol. The van der Waals surface area contributed by atoms with E-state index in [2.05, 4.69) is 15.2 Å². The number of nitrogens with zero attached hydrogens (tertiary/aromatic N) is 3. The van der Waals surface area contributed by atoms with Crippen LogP contribution < -0.4 is 5.73 Å². The van der Waals surface area contributed by atoms with Crippen LogP contribution in [0.1, 0.15) is 36.2 Å². The Morgan fingerprint density at radius 1 is 1.65 bits per heavy atom. The van der Waals surface area contributed by atoms with Crippen LogP contribution in [0.2, 0.25) is 0 Å². The Kier molecular flexibility index (Phi) is 3.42. The van der Waals surface area contributed by atoms with Crippen molar-refractivity contribution in [2.75, 3.05) is 13.1 Å². The third-order valence-corrected chi connectivity index (χ3v) is 3.28. The molecule has 0 spiro atoms. The van der Waals surface area contributed by atoms with Gasteiger partial charge < -0.3 is 10.6 Å². The maximum Gasteiger partial charge on any atom is 0.293 e. The molecule has 1 aliphatic heterocycles. The van der Waals surface area contributed by atoms with E-state index in [1.165, 1.54) is 0 Å². The van der Waals surface area contributed by atoms with E-state index in [-0.39, 0.29) is 17.8 Å². The summed E-state index contributed by atoms with van der Waals surface area (Å²) >= 11 is 0. The molecule has 94 valence electrons. The Hall–Kier alpha value is -1.43. The van der Waals surface area contributed by atoms with Gasteiger partial charge in [-0.3, -0.25) is 9.89 Å². The Bertz CT molecular complexity index is 400. The number of H-pyrrole nitrogens is 1. The van der Waals surface area contributed by atoms with Gasteiger partial charge in [-0.25, -0.2) is 4.98 Å².